The van der Waals surface area contributed by atoms with Gasteiger partial charge in [-0.2, -0.15) is 10.1 Å². The Labute approximate surface area is 194 Å². The third-order valence-corrected chi connectivity index (χ3v) is 6.29. The standard InChI is InChI=1S/C23H18FN7O2S/c24-20-14-25-23(29-22(20)27-18-7-6-15-13-26-30-21(15)12-18)28-16-8-10-17(11-9-16)31-34(32,33)19-4-2-1-3-5-19/h1-14,31H,(H,26,30)(H2,25,27,28,29). The largest absolute Gasteiger partial charge is 0.338 e. The number of aromatic nitrogens is 4. The number of halogens is 1. The average molecular weight is 476 g/mol. The van der Waals surface area contributed by atoms with E-state index in [0.717, 1.165) is 17.1 Å². The lowest BCUT2D eigenvalue weighted by atomic mass is 10.2. The van der Waals surface area contributed by atoms with Gasteiger partial charge in [0.25, 0.3) is 10.0 Å². The number of aromatic amines is 1. The fraction of sp³-hybridized carbons (Fsp3) is 0. The topological polar surface area (TPSA) is 125 Å². The van der Waals surface area contributed by atoms with Crippen LogP contribution in [0, 0.1) is 5.82 Å². The highest BCUT2D eigenvalue weighted by atomic mass is 32.2. The molecule has 0 unspecified atom stereocenters. The number of hydrogen-bond donors (Lipinski definition) is 4. The number of anilines is 5. The van der Waals surface area contributed by atoms with Gasteiger partial charge in [-0.3, -0.25) is 9.82 Å². The van der Waals surface area contributed by atoms with E-state index < -0.39 is 15.8 Å². The van der Waals surface area contributed by atoms with Crippen LogP contribution in [0.15, 0.2) is 90.1 Å². The molecule has 0 spiro atoms. The number of nitrogens with one attached hydrogen (secondary N) is 4. The minimum Gasteiger partial charge on any atom is -0.338 e. The van der Waals surface area contributed by atoms with Crippen LogP contribution in [0.25, 0.3) is 10.9 Å². The number of benzene rings is 3. The monoisotopic (exact) mass is 475 g/mol. The smallest absolute Gasteiger partial charge is 0.261 e. The maximum absolute atomic E-state index is 14.3. The van der Waals surface area contributed by atoms with Crippen molar-refractivity contribution in [1.82, 2.24) is 20.2 Å². The molecule has 34 heavy (non-hydrogen) atoms. The summed E-state index contributed by atoms with van der Waals surface area (Å²) in [6.45, 7) is 0. The van der Waals surface area contributed by atoms with Crippen LogP contribution in [0.2, 0.25) is 0 Å². The van der Waals surface area contributed by atoms with Gasteiger partial charge in [0.2, 0.25) is 5.95 Å². The molecular weight excluding hydrogens is 457 g/mol. The van der Waals surface area contributed by atoms with Gasteiger partial charge in [0.1, 0.15) is 0 Å². The Morgan fingerprint density at radius 3 is 2.35 bits per heavy atom. The van der Waals surface area contributed by atoms with Crippen LogP contribution in [-0.4, -0.2) is 28.6 Å². The van der Waals surface area contributed by atoms with Crippen LogP contribution < -0.4 is 15.4 Å². The Morgan fingerprint density at radius 1 is 0.824 bits per heavy atom. The van der Waals surface area contributed by atoms with Crippen molar-refractivity contribution in [3.05, 3.63) is 91.0 Å². The average Bonchev–Trinajstić information content (AvgIpc) is 3.31. The summed E-state index contributed by atoms with van der Waals surface area (Å²) in [6.07, 6.45) is 2.76. The lowest BCUT2D eigenvalue weighted by Crippen LogP contribution is -2.12. The molecular formula is C23H18FN7O2S. The third-order valence-electron chi connectivity index (χ3n) is 4.90. The van der Waals surface area contributed by atoms with Crippen molar-refractivity contribution in [1.29, 1.82) is 0 Å². The Bertz CT molecular complexity index is 1560. The van der Waals surface area contributed by atoms with Crippen LogP contribution in [0.3, 0.4) is 0 Å². The highest BCUT2D eigenvalue weighted by molar-refractivity contribution is 7.92. The number of nitrogens with zero attached hydrogens (tertiary/aromatic N) is 3. The molecule has 0 amide bonds. The summed E-state index contributed by atoms with van der Waals surface area (Å²) in [5.41, 5.74) is 2.43. The molecule has 0 saturated heterocycles. The van der Waals surface area contributed by atoms with Gasteiger partial charge in [-0.15, -0.1) is 0 Å². The minimum atomic E-state index is -3.69. The van der Waals surface area contributed by atoms with Gasteiger partial charge in [-0.05, 0) is 54.6 Å². The molecule has 0 fully saturated rings. The molecule has 11 heteroatoms. The summed E-state index contributed by atoms with van der Waals surface area (Å²) < 4.78 is 41.7. The van der Waals surface area contributed by atoms with Crippen molar-refractivity contribution in [3.63, 3.8) is 0 Å². The first-order valence-corrected chi connectivity index (χ1v) is 11.6. The second kappa shape index (κ2) is 8.79. The van der Waals surface area contributed by atoms with Crippen LogP contribution in [0.1, 0.15) is 0 Å². The third kappa shape index (κ3) is 4.64. The highest BCUT2D eigenvalue weighted by Crippen LogP contribution is 2.24. The zero-order valence-corrected chi connectivity index (χ0v) is 18.3. The predicted molar refractivity (Wildman–Crippen MR) is 128 cm³/mol. The Hall–Kier alpha value is -4.51. The summed E-state index contributed by atoms with van der Waals surface area (Å²) in [6, 6.07) is 20.1. The molecule has 0 aliphatic carbocycles. The minimum absolute atomic E-state index is 0.00334. The fourth-order valence-corrected chi connectivity index (χ4v) is 4.31. The lowest BCUT2D eigenvalue weighted by molar-refractivity contribution is 0.601. The molecule has 0 saturated carbocycles. The Balaban J connectivity index is 1.29. The van der Waals surface area contributed by atoms with Crippen LogP contribution >= 0.6 is 0 Å². The molecule has 9 nitrogen and oxygen atoms in total. The normalized spacial score (nSPS) is 11.3. The molecule has 0 radical (unpaired) electrons. The quantitative estimate of drug-likeness (QED) is 0.267. The zero-order valence-electron chi connectivity index (χ0n) is 17.5. The van der Waals surface area contributed by atoms with Crippen LogP contribution in [-0.2, 0) is 10.0 Å². The molecule has 0 bridgehead atoms. The lowest BCUT2D eigenvalue weighted by Gasteiger charge is -2.11. The van der Waals surface area contributed by atoms with Crippen molar-refractivity contribution < 1.29 is 12.8 Å². The number of sulfonamides is 1. The van der Waals surface area contributed by atoms with Crippen LogP contribution in [0.5, 0.6) is 0 Å². The summed E-state index contributed by atoms with van der Waals surface area (Å²) in [5.74, 6) is -0.436. The number of rotatable bonds is 7. The number of H-pyrrole nitrogens is 1. The highest BCUT2D eigenvalue weighted by Gasteiger charge is 2.13. The SMILES string of the molecule is O=S(=O)(Nc1ccc(Nc2ncc(F)c(Nc3ccc4cn[nH]c4c3)n2)cc1)c1ccccc1. The van der Waals surface area contributed by atoms with Gasteiger partial charge in [0.05, 0.1) is 22.8 Å². The molecule has 2 heterocycles. The maximum atomic E-state index is 14.3. The van der Waals surface area contributed by atoms with Gasteiger partial charge in [0, 0.05) is 22.4 Å². The van der Waals surface area contributed by atoms with Crippen LogP contribution in [0.4, 0.5) is 33.2 Å². The molecule has 0 atom stereocenters. The van der Waals surface area contributed by atoms with E-state index in [4.69, 9.17) is 0 Å². The molecule has 2 aromatic heterocycles. The van der Waals surface area contributed by atoms with Crippen molar-refractivity contribution in [2.75, 3.05) is 15.4 Å². The van der Waals surface area contributed by atoms with E-state index in [1.165, 1.54) is 12.1 Å². The molecule has 0 aliphatic rings. The maximum Gasteiger partial charge on any atom is 0.261 e. The van der Waals surface area contributed by atoms with Gasteiger partial charge in [0.15, 0.2) is 11.6 Å². The Kier molecular flexibility index (Phi) is 5.52. The summed E-state index contributed by atoms with van der Waals surface area (Å²) >= 11 is 0. The van der Waals surface area contributed by atoms with Crippen molar-refractivity contribution in [2.24, 2.45) is 0 Å². The van der Waals surface area contributed by atoms with E-state index in [1.54, 1.807) is 60.8 Å². The van der Waals surface area contributed by atoms with E-state index in [1.807, 2.05) is 6.07 Å². The van der Waals surface area contributed by atoms with Crippen molar-refractivity contribution in [2.45, 2.75) is 4.90 Å². The van der Waals surface area contributed by atoms with Gasteiger partial charge >= 0.3 is 0 Å². The van der Waals surface area contributed by atoms with E-state index in [9.17, 15) is 12.8 Å². The Morgan fingerprint density at radius 2 is 1.56 bits per heavy atom. The molecule has 3 aromatic carbocycles. The molecule has 0 aliphatic heterocycles. The first-order chi connectivity index (χ1) is 16.5. The fourth-order valence-electron chi connectivity index (χ4n) is 3.23. The van der Waals surface area contributed by atoms with E-state index in [-0.39, 0.29) is 16.7 Å². The van der Waals surface area contributed by atoms with E-state index in [2.05, 4.69) is 35.5 Å². The first kappa shape index (κ1) is 21.3. The van der Waals surface area contributed by atoms with E-state index >= 15 is 0 Å². The second-order valence-corrected chi connectivity index (χ2v) is 8.99. The molecule has 170 valence electrons. The molecule has 4 N–H and O–H groups in total. The zero-order chi connectivity index (χ0) is 23.5. The van der Waals surface area contributed by atoms with Crippen molar-refractivity contribution in [3.8, 4) is 0 Å². The predicted octanol–water partition coefficient (Wildman–Crippen LogP) is 4.78. The molecule has 5 rings (SSSR count). The second-order valence-electron chi connectivity index (χ2n) is 7.31. The number of fused-ring (bicyclic) bond motifs is 1. The van der Waals surface area contributed by atoms with Gasteiger partial charge < -0.3 is 10.6 Å². The first-order valence-electron chi connectivity index (χ1n) is 10.1. The number of hydrogen-bond acceptors (Lipinski definition) is 7. The van der Waals surface area contributed by atoms with Crippen molar-refractivity contribution >= 4 is 49.8 Å². The van der Waals surface area contributed by atoms with E-state index in [0.29, 0.717) is 17.1 Å². The summed E-state index contributed by atoms with van der Waals surface area (Å²) in [7, 11) is -3.69. The summed E-state index contributed by atoms with van der Waals surface area (Å²) in [4.78, 5) is 8.35. The summed E-state index contributed by atoms with van der Waals surface area (Å²) in [5, 5.41) is 13.7. The van der Waals surface area contributed by atoms with Gasteiger partial charge in [-0.1, -0.05) is 18.2 Å². The molecule has 5 aromatic rings. The van der Waals surface area contributed by atoms with Gasteiger partial charge in [-0.25, -0.2) is 17.8 Å².